The van der Waals surface area contributed by atoms with Gasteiger partial charge in [0.1, 0.15) is 0 Å². The SMILES string of the molecule is CC(C)C(=O)NC1=NCC(C(C)C)=CS1. The van der Waals surface area contributed by atoms with Crippen LogP contribution in [0.1, 0.15) is 27.7 Å². The number of hydrogen-bond acceptors (Lipinski definition) is 3. The Morgan fingerprint density at radius 3 is 2.53 bits per heavy atom. The monoisotopic (exact) mass is 226 g/mol. The van der Waals surface area contributed by atoms with Crippen LogP contribution >= 0.6 is 11.8 Å². The van der Waals surface area contributed by atoms with Crippen molar-refractivity contribution in [2.45, 2.75) is 27.7 Å². The Labute approximate surface area is 95.4 Å². The van der Waals surface area contributed by atoms with Crippen molar-refractivity contribution in [3.8, 4) is 0 Å². The molecule has 0 fully saturated rings. The Morgan fingerprint density at radius 1 is 1.47 bits per heavy atom. The third kappa shape index (κ3) is 3.70. The van der Waals surface area contributed by atoms with Gasteiger partial charge in [0.05, 0.1) is 6.54 Å². The van der Waals surface area contributed by atoms with Gasteiger partial charge in [0.15, 0.2) is 5.17 Å². The summed E-state index contributed by atoms with van der Waals surface area (Å²) in [7, 11) is 0. The number of carbonyl (C=O) groups is 1. The fraction of sp³-hybridized carbons (Fsp3) is 0.636. The molecule has 0 aromatic rings. The van der Waals surface area contributed by atoms with E-state index < -0.39 is 0 Å². The van der Waals surface area contributed by atoms with Crippen molar-refractivity contribution in [2.75, 3.05) is 6.54 Å². The van der Waals surface area contributed by atoms with E-state index in [4.69, 9.17) is 0 Å². The van der Waals surface area contributed by atoms with Gasteiger partial charge in [0, 0.05) is 5.92 Å². The van der Waals surface area contributed by atoms with Crippen LogP contribution in [0.3, 0.4) is 0 Å². The lowest BCUT2D eigenvalue weighted by Crippen LogP contribution is -2.32. The summed E-state index contributed by atoms with van der Waals surface area (Å²) in [5, 5.41) is 5.62. The maximum atomic E-state index is 11.4. The third-order valence-electron chi connectivity index (χ3n) is 2.22. The van der Waals surface area contributed by atoms with Crippen molar-refractivity contribution in [1.29, 1.82) is 0 Å². The van der Waals surface area contributed by atoms with Crippen LogP contribution in [-0.2, 0) is 4.79 Å². The molecule has 0 aliphatic carbocycles. The van der Waals surface area contributed by atoms with Crippen molar-refractivity contribution in [1.82, 2.24) is 5.32 Å². The fourth-order valence-electron chi connectivity index (χ4n) is 1.01. The summed E-state index contributed by atoms with van der Waals surface area (Å²) in [5.41, 5.74) is 1.32. The van der Waals surface area contributed by atoms with Gasteiger partial charge in [-0.25, -0.2) is 0 Å². The van der Waals surface area contributed by atoms with Crippen LogP contribution < -0.4 is 5.32 Å². The van der Waals surface area contributed by atoms with Crippen LogP contribution in [0.2, 0.25) is 0 Å². The molecule has 1 aliphatic heterocycles. The number of aliphatic imine (C=N–C) groups is 1. The molecule has 3 nitrogen and oxygen atoms in total. The lowest BCUT2D eigenvalue weighted by atomic mass is 10.1. The Kier molecular flexibility index (Phi) is 4.39. The van der Waals surface area contributed by atoms with Gasteiger partial charge in [0.2, 0.25) is 5.91 Å². The molecular formula is C11H18N2OS. The van der Waals surface area contributed by atoms with E-state index in [0.717, 1.165) is 5.17 Å². The Morgan fingerprint density at radius 2 is 2.13 bits per heavy atom. The quantitative estimate of drug-likeness (QED) is 0.785. The van der Waals surface area contributed by atoms with E-state index in [-0.39, 0.29) is 11.8 Å². The number of nitrogens with zero attached hydrogens (tertiary/aromatic N) is 1. The van der Waals surface area contributed by atoms with Crippen molar-refractivity contribution in [2.24, 2.45) is 16.8 Å². The summed E-state index contributed by atoms with van der Waals surface area (Å²) in [6.07, 6.45) is 0. The normalized spacial score (nSPS) is 16.4. The molecule has 0 saturated heterocycles. The van der Waals surface area contributed by atoms with Crippen molar-refractivity contribution in [3.05, 3.63) is 11.0 Å². The highest BCUT2D eigenvalue weighted by Gasteiger charge is 2.14. The molecule has 0 bridgehead atoms. The topological polar surface area (TPSA) is 41.5 Å². The summed E-state index contributed by atoms with van der Waals surface area (Å²) >= 11 is 1.50. The van der Waals surface area contributed by atoms with Gasteiger partial charge in [-0.3, -0.25) is 9.79 Å². The van der Waals surface area contributed by atoms with E-state index >= 15 is 0 Å². The average molecular weight is 226 g/mol. The first-order valence-electron chi connectivity index (χ1n) is 5.21. The van der Waals surface area contributed by atoms with Crippen LogP contribution in [0.15, 0.2) is 16.0 Å². The van der Waals surface area contributed by atoms with E-state index in [0.29, 0.717) is 12.5 Å². The Hall–Kier alpha value is -0.770. The molecule has 0 atom stereocenters. The second kappa shape index (κ2) is 5.35. The van der Waals surface area contributed by atoms with Crippen molar-refractivity contribution >= 4 is 22.8 Å². The third-order valence-corrected chi connectivity index (χ3v) is 3.10. The fourth-order valence-corrected chi connectivity index (χ4v) is 1.91. The zero-order chi connectivity index (χ0) is 11.4. The molecule has 1 aliphatic rings. The van der Waals surface area contributed by atoms with Crippen LogP contribution in [-0.4, -0.2) is 17.6 Å². The molecule has 0 unspecified atom stereocenters. The maximum absolute atomic E-state index is 11.4. The van der Waals surface area contributed by atoms with Gasteiger partial charge in [0.25, 0.3) is 0 Å². The van der Waals surface area contributed by atoms with Crippen LogP contribution in [0.25, 0.3) is 0 Å². The number of rotatable bonds is 2. The summed E-state index contributed by atoms with van der Waals surface area (Å²) in [4.78, 5) is 15.7. The van der Waals surface area contributed by atoms with Gasteiger partial charge in [-0.05, 0) is 16.9 Å². The molecule has 1 N–H and O–H groups in total. The number of carbonyl (C=O) groups excluding carboxylic acids is 1. The second-order valence-electron chi connectivity index (χ2n) is 4.23. The lowest BCUT2D eigenvalue weighted by molar-refractivity contribution is -0.122. The predicted octanol–water partition coefficient (Wildman–Crippen LogP) is 2.40. The highest BCUT2D eigenvalue weighted by atomic mass is 32.2. The van der Waals surface area contributed by atoms with Gasteiger partial charge < -0.3 is 5.32 Å². The maximum Gasteiger partial charge on any atom is 0.228 e. The summed E-state index contributed by atoms with van der Waals surface area (Å²) in [6.45, 7) is 8.76. The van der Waals surface area contributed by atoms with Crippen LogP contribution in [0.5, 0.6) is 0 Å². The molecule has 1 amide bonds. The smallest absolute Gasteiger partial charge is 0.228 e. The minimum atomic E-state index is 0.00350. The van der Waals surface area contributed by atoms with Gasteiger partial charge in [-0.15, -0.1) is 0 Å². The highest BCUT2D eigenvalue weighted by Crippen LogP contribution is 2.20. The van der Waals surface area contributed by atoms with Crippen LogP contribution in [0.4, 0.5) is 0 Å². The number of amidine groups is 1. The van der Waals surface area contributed by atoms with E-state index in [1.54, 1.807) is 0 Å². The van der Waals surface area contributed by atoms with Crippen molar-refractivity contribution in [3.63, 3.8) is 0 Å². The first-order chi connectivity index (χ1) is 7.00. The number of hydrogen-bond donors (Lipinski definition) is 1. The molecule has 15 heavy (non-hydrogen) atoms. The van der Waals surface area contributed by atoms with E-state index in [2.05, 4.69) is 29.6 Å². The molecule has 1 heterocycles. The molecule has 4 heteroatoms. The van der Waals surface area contributed by atoms with Gasteiger partial charge >= 0.3 is 0 Å². The standard InChI is InChI=1S/C11H18N2OS/c1-7(2)9-5-12-11(15-6-9)13-10(14)8(3)4/h6-8H,5H2,1-4H3,(H,12,13,14). The zero-order valence-electron chi connectivity index (χ0n) is 9.70. The minimum absolute atomic E-state index is 0.00350. The first kappa shape index (κ1) is 12.3. The largest absolute Gasteiger partial charge is 0.305 e. The lowest BCUT2D eigenvalue weighted by Gasteiger charge is -2.16. The molecule has 84 valence electrons. The summed E-state index contributed by atoms with van der Waals surface area (Å²) < 4.78 is 0. The van der Waals surface area contributed by atoms with Crippen LogP contribution in [0, 0.1) is 11.8 Å². The Balaban J connectivity index is 2.47. The summed E-state index contributed by atoms with van der Waals surface area (Å²) in [5.74, 6) is 0.565. The molecule has 1 rings (SSSR count). The van der Waals surface area contributed by atoms with Crippen molar-refractivity contribution < 1.29 is 4.79 Å². The minimum Gasteiger partial charge on any atom is -0.305 e. The highest BCUT2D eigenvalue weighted by molar-refractivity contribution is 8.16. The average Bonchev–Trinajstić information content (AvgIpc) is 2.18. The number of thioether (sulfide) groups is 1. The van der Waals surface area contributed by atoms with E-state index in [1.165, 1.54) is 17.3 Å². The molecule has 0 spiro atoms. The first-order valence-corrected chi connectivity index (χ1v) is 6.09. The predicted molar refractivity (Wildman–Crippen MR) is 65.8 cm³/mol. The molecule has 0 aromatic carbocycles. The van der Waals surface area contributed by atoms with E-state index in [9.17, 15) is 4.79 Å². The number of amides is 1. The summed E-state index contributed by atoms with van der Waals surface area (Å²) in [6, 6.07) is 0. The zero-order valence-corrected chi connectivity index (χ0v) is 10.5. The molecule has 0 aromatic heterocycles. The van der Waals surface area contributed by atoms with Gasteiger partial charge in [-0.2, -0.15) is 0 Å². The second-order valence-corrected chi connectivity index (χ2v) is 5.09. The number of nitrogens with one attached hydrogen (secondary N) is 1. The van der Waals surface area contributed by atoms with Gasteiger partial charge in [-0.1, -0.05) is 39.5 Å². The molecule has 0 radical (unpaired) electrons. The van der Waals surface area contributed by atoms with E-state index in [1.807, 2.05) is 13.8 Å². The Bertz CT molecular complexity index is 306. The molecule has 0 saturated carbocycles. The molecular weight excluding hydrogens is 208 g/mol.